The fourth-order valence-electron chi connectivity index (χ4n) is 3.28. The van der Waals surface area contributed by atoms with Gasteiger partial charge in [-0.25, -0.2) is 4.39 Å². The molecule has 0 amide bonds. The van der Waals surface area contributed by atoms with Gasteiger partial charge in [0.05, 0.1) is 13.2 Å². The summed E-state index contributed by atoms with van der Waals surface area (Å²) >= 11 is 0. The summed E-state index contributed by atoms with van der Waals surface area (Å²) in [6.07, 6.45) is 1.63. The molecule has 5 heteroatoms. The molecule has 1 heterocycles. The molecule has 2 aromatic rings. The van der Waals surface area contributed by atoms with Crippen LogP contribution < -0.4 is 15.0 Å². The molecule has 4 nitrogen and oxygen atoms in total. The Hall–Kier alpha value is -2.11. The number of aliphatic hydroxyl groups is 1. The molecule has 2 N–H and O–H groups in total. The van der Waals surface area contributed by atoms with Gasteiger partial charge in [0.25, 0.3) is 0 Å². The van der Waals surface area contributed by atoms with E-state index in [4.69, 9.17) is 4.74 Å². The quantitative estimate of drug-likeness (QED) is 0.809. The first-order valence-electron chi connectivity index (χ1n) is 8.74. The molecule has 25 heavy (non-hydrogen) atoms. The Kier molecular flexibility index (Phi) is 5.89. The largest absolute Gasteiger partial charge is 0.497 e. The van der Waals surface area contributed by atoms with E-state index in [1.807, 2.05) is 30.3 Å². The smallest absolute Gasteiger partial charge is 0.129 e. The number of rotatable bonds is 7. The first-order chi connectivity index (χ1) is 12.2. The van der Waals surface area contributed by atoms with Crippen molar-refractivity contribution in [2.45, 2.75) is 25.5 Å². The van der Waals surface area contributed by atoms with Crippen LogP contribution in [0.4, 0.5) is 10.1 Å². The number of ether oxygens (including phenoxy) is 1. The highest BCUT2D eigenvalue weighted by atomic mass is 19.1. The highest BCUT2D eigenvalue weighted by Gasteiger charge is 2.18. The zero-order chi connectivity index (χ0) is 17.6. The third-order valence-electron chi connectivity index (χ3n) is 4.66. The number of halogens is 1. The summed E-state index contributed by atoms with van der Waals surface area (Å²) in [7, 11) is 1.60. The highest BCUT2D eigenvalue weighted by Crippen LogP contribution is 2.27. The van der Waals surface area contributed by atoms with Crippen molar-refractivity contribution in [3.05, 3.63) is 59.4 Å². The number of aliphatic hydroxyl groups excluding tert-OH is 1. The lowest BCUT2D eigenvalue weighted by Gasteiger charge is -2.22. The lowest BCUT2D eigenvalue weighted by atomic mass is 10.1. The number of benzene rings is 2. The summed E-state index contributed by atoms with van der Waals surface area (Å²) in [5.41, 5.74) is 2.41. The molecule has 1 aliphatic rings. The molecule has 1 aliphatic heterocycles. The minimum absolute atomic E-state index is 0.201. The van der Waals surface area contributed by atoms with Gasteiger partial charge in [-0.05, 0) is 42.7 Å². The van der Waals surface area contributed by atoms with E-state index in [1.54, 1.807) is 13.2 Å². The summed E-state index contributed by atoms with van der Waals surface area (Å²) in [4.78, 5) is 2.23. The summed E-state index contributed by atoms with van der Waals surface area (Å²) in [6.45, 7) is 2.69. The maximum Gasteiger partial charge on any atom is 0.129 e. The fourth-order valence-corrected chi connectivity index (χ4v) is 3.28. The van der Waals surface area contributed by atoms with Gasteiger partial charge in [0.1, 0.15) is 11.6 Å². The minimum atomic E-state index is -0.669. The van der Waals surface area contributed by atoms with E-state index in [1.165, 1.54) is 6.07 Å². The van der Waals surface area contributed by atoms with Crippen LogP contribution in [0, 0.1) is 5.82 Å². The Labute approximate surface area is 148 Å². The van der Waals surface area contributed by atoms with Crippen molar-refractivity contribution in [1.82, 2.24) is 5.32 Å². The van der Waals surface area contributed by atoms with E-state index in [2.05, 4.69) is 10.2 Å². The molecule has 0 bridgehead atoms. The first kappa shape index (κ1) is 17.7. The van der Waals surface area contributed by atoms with E-state index in [0.717, 1.165) is 37.2 Å². The van der Waals surface area contributed by atoms with Crippen molar-refractivity contribution in [3.8, 4) is 5.75 Å². The molecule has 134 valence electrons. The SMILES string of the molecule is COc1cccc(C(O)CNCc2c(F)cccc2N2CCCC2)c1. The van der Waals surface area contributed by atoms with Crippen molar-refractivity contribution in [1.29, 1.82) is 0 Å². The van der Waals surface area contributed by atoms with Crippen molar-refractivity contribution in [3.63, 3.8) is 0 Å². The summed E-state index contributed by atoms with van der Waals surface area (Å²) < 4.78 is 19.5. The molecule has 0 saturated carbocycles. The maximum absolute atomic E-state index is 14.3. The molecular weight excluding hydrogens is 319 g/mol. The van der Waals surface area contributed by atoms with E-state index in [-0.39, 0.29) is 5.82 Å². The number of hydrogen-bond acceptors (Lipinski definition) is 4. The van der Waals surface area contributed by atoms with Gasteiger partial charge in [-0.1, -0.05) is 18.2 Å². The Morgan fingerprint density at radius 1 is 1.20 bits per heavy atom. The molecule has 2 aromatic carbocycles. The van der Waals surface area contributed by atoms with E-state index in [9.17, 15) is 9.50 Å². The number of methoxy groups -OCH3 is 1. The van der Waals surface area contributed by atoms with Crippen molar-refractivity contribution in [2.24, 2.45) is 0 Å². The maximum atomic E-state index is 14.3. The lowest BCUT2D eigenvalue weighted by Crippen LogP contribution is -2.25. The average Bonchev–Trinajstić information content (AvgIpc) is 3.17. The predicted octanol–water partition coefficient (Wildman–Crippen LogP) is 3.26. The van der Waals surface area contributed by atoms with Crippen LogP contribution in [0.5, 0.6) is 5.75 Å². The first-order valence-corrected chi connectivity index (χ1v) is 8.74. The van der Waals surface area contributed by atoms with Gasteiger partial charge >= 0.3 is 0 Å². The Morgan fingerprint density at radius 3 is 2.72 bits per heavy atom. The van der Waals surface area contributed by atoms with Crippen LogP contribution in [0.3, 0.4) is 0 Å². The topological polar surface area (TPSA) is 44.7 Å². The Bertz CT molecular complexity index is 702. The Balaban J connectivity index is 1.63. The van der Waals surface area contributed by atoms with Crippen LogP contribution in [0.15, 0.2) is 42.5 Å². The molecule has 0 aliphatic carbocycles. The number of anilines is 1. The van der Waals surface area contributed by atoms with Gasteiger partial charge in [-0.3, -0.25) is 0 Å². The van der Waals surface area contributed by atoms with Gasteiger partial charge in [-0.15, -0.1) is 0 Å². The van der Waals surface area contributed by atoms with Crippen LogP contribution in [-0.2, 0) is 6.54 Å². The Morgan fingerprint density at radius 2 is 1.96 bits per heavy atom. The summed E-state index contributed by atoms with van der Waals surface area (Å²) in [6, 6.07) is 12.6. The molecule has 1 atom stereocenters. The molecule has 1 fully saturated rings. The zero-order valence-corrected chi connectivity index (χ0v) is 14.5. The number of nitrogens with one attached hydrogen (secondary N) is 1. The van der Waals surface area contributed by atoms with E-state index < -0.39 is 6.10 Å². The molecule has 1 saturated heterocycles. The van der Waals surface area contributed by atoms with Crippen LogP contribution in [0.1, 0.15) is 30.1 Å². The van der Waals surface area contributed by atoms with Gasteiger partial charge in [0.15, 0.2) is 0 Å². The molecular formula is C20H25FN2O2. The highest BCUT2D eigenvalue weighted by molar-refractivity contribution is 5.54. The van der Waals surface area contributed by atoms with E-state index >= 15 is 0 Å². The third kappa shape index (κ3) is 4.30. The van der Waals surface area contributed by atoms with Crippen LogP contribution >= 0.6 is 0 Å². The van der Waals surface area contributed by atoms with Gasteiger partial charge < -0.3 is 20.1 Å². The van der Waals surface area contributed by atoms with Crippen LogP contribution in [-0.4, -0.2) is 31.9 Å². The van der Waals surface area contributed by atoms with Gasteiger partial charge in [-0.2, -0.15) is 0 Å². The fraction of sp³-hybridized carbons (Fsp3) is 0.400. The van der Waals surface area contributed by atoms with Crippen molar-refractivity contribution >= 4 is 5.69 Å². The van der Waals surface area contributed by atoms with Crippen molar-refractivity contribution in [2.75, 3.05) is 31.6 Å². The minimum Gasteiger partial charge on any atom is -0.497 e. The lowest BCUT2D eigenvalue weighted by molar-refractivity contribution is 0.174. The standard InChI is InChI=1S/C20H25FN2O2/c1-25-16-7-4-6-15(12-16)20(24)14-22-13-17-18(21)8-5-9-19(17)23-10-2-3-11-23/h4-9,12,20,22,24H,2-3,10-11,13-14H2,1H3. The monoisotopic (exact) mass is 344 g/mol. The van der Waals surface area contributed by atoms with Gasteiger partial charge in [0.2, 0.25) is 0 Å². The average molecular weight is 344 g/mol. The molecule has 0 spiro atoms. The zero-order valence-electron chi connectivity index (χ0n) is 14.5. The molecule has 0 aromatic heterocycles. The second kappa shape index (κ2) is 8.32. The third-order valence-corrected chi connectivity index (χ3v) is 4.66. The number of hydrogen-bond donors (Lipinski definition) is 2. The molecule has 1 unspecified atom stereocenters. The second-order valence-electron chi connectivity index (χ2n) is 6.35. The van der Waals surface area contributed by atoms with Crippen LogP contribution in [0.2, 0.25) is 0 Å². The molecule has 0 radical (unpaired) electrons. The number of nitrogens with zero attached hydrogens (tertiary/aromatic N) is 1. The second-order valence-corrected chi connectivity index (χ2v) is 6.35. The normalized spacial score (nSPS) is 15.4. The van der Waals surface area contributed by atoms with Gasteiger partial charge in [0, 0.05) is 37.4 Å². The molecule has 3 rings (SSSR count). The summed E-state index contributed by atoms with van der Waals surface area (Å²) in [5.74, 6) is 0.509. The van der Waals surface area contributed by atoms with Crippen LogP contribution in [0.25, 0.3) is 0 Å². The van der Waals surface area contributed by atoms with Crippen molar-refractivity contribution < 1.29 is 14.2 Å². The summed E-state index contributed by atoms with van der Waals surface area (Å²) in [5, 5.41) is 13.5. The predicted molar refractivity (Wildman–Crippen MR) is 97.5 cm³/mol. The van der Waals surface area contributed by atoms with E-state index in [0.29, 0.717) is 24.4 Å².